The van der Waals surface area contributed by atoms with Gasteiger partial charge in [0.25, 0.3) is 0 Å². The maximum atomic E-state index is 12.8. The molecule has 1 N–H and O–H groups in total. The highest BCUT2D eigenvalue weighted by Crippen LogP contribution is 2.35. The molecule has 1 aliphatic heterocycles. The molecule has 0 atom stereocenters. The zero-order valence-corrected chi connectivity index (χ0v) is 18.9. The summed E-state index contributed by atoms with van der Waals surface area (Å²) in [5.41, 5.74) is 3.79. The molecule has 1 saturated carbocycles. The predicted molar refractivity (Wildman–Crippen MR) is 126 cm³/mol. The fourth-order valence-corrected chi connectivity index (χ4v) is 4.81. The van der Waals surface area contributed by atoms with Gasteiger partial charge in [-0.15, -0.1) is 0 Å². The molecule has 1 aliphatic carbocycles. The number of hydrogen-bond acceptors (Lipinski definition) is 6. The molecule has 33 heavy (non-hydrogen) atoms. The molecule has 2 aliphatic rings. The second-order valence-corrected chi connectivity index (χ2v) is 8.80. The van der Waals surface area contributed by atoms with Crippen LogP contribution in [0.4, 0.5) is 5.69 Å². The number of carbonyl (C=O) groups is 1. The van der Waals surface area contributed by atoms with Crippen molar-refractivity contribution in [2.24, 2.45) is 11.8 Å². The summed E-state index contributed by atoms with van der Waals surface area (Å²) < 4.78 is 16.5. The van der Waals surface area contributed by atoms with E-state index in [1.54, 1.807) is 7.11 Å². The fraction of sp³-hybridized carbons (Fsp3) is 0.423. The number of carbonyl (C=O) groups excluding carboxylic acids is 1. The summed E-state index contributed by atoms with van der Waals surface area (Å²) in [7, 11) is 1.63. The Balaban J connectivity index is 1.14. The summed E-state index contributed by atoms with van der Waals surface area (Å²) in [6, 6.07) is 11.4. The lowest BCUT2D eigenvalue weighted by molar-refractivity contribution is -0.121. The summed E-state index contributed by atoms with van der Waals surface area (Å²) >= 11 is 0. The van der Waals surface area contributed by atoms with Crippen molar-refractivity contribution < 1.29 is 19.0 Å². The third-order valence-electron chi connectivity index (χ3n) is 6.70. The number of aromatic nitrogens is 2. The van der Waals surface area contributed by atoms with Crippen LogP contribution in [0.1, 0.15) is 37.7 Å². The van der Waals surface area contributed by atoms with Gasteiger partial charge in [0.2, 0.25) is 11.8 Å². The first-order valence-electron chi connectivity index (χ1n) is 11.7. The highest BCUT2D eigenvalue weighted by Gasteiger charge is 2.26. The molecule has 7 heteroatoms. The summed E-state index contributed by atoms with van der Waals surface area (Å²) in [6.07, 6.45) is 7.88. The number of rotatable bonds is 6. The van der Waals surface area contributed by atoms with Gasteiger partial charge in [-0.25, -0.2) is 4.98 Å². The average molecular weight is 448 g/mol. The molecule has 0 spiro atoms. The van der Waals surface area contributed by atoms with Crippen LogP contribution < -0.4 is 19.5 Å². The van der Waals surface area contributed by atoms with Crippen molar-refractivity contribution in [1.29, 1.82) is 0 Å². The molecule has 5 rings (SSSR count). The number of benzene rings is 1. The monoisotopic (exact) mass is 447 g/mol. The van der Waals surface area contributed by atoms with Crippen LogP contribution in [0.3, 0.4) is 0 Å². The summed E-state index contributed by atoms with van der Waals surface area (Å²) in [5.74, 6) is 2.82. The maximum absolute atomic E-state index is 12.8. The third-order valence-corrected chi connectivity index (χ3v) is 6.70. The van der Waals surface area contributed by atoms with Gasteiger partial charge in [0.05, 0.1) is 18.1 Å². The van der Waals surface area contributed by atoms with Crippen LogP contribution in [0.25, 0.3) is 11.0 Å². The Bertz CT molecular complexity index is 1140. The van der Waals surface area contributed by atoms with Crippen molar-refractivity contribution in [2.75, 3.05) is 25.6 Å². The first-order valence-corrected chi connectivity index (χ1v) is 11.7. The van der Waals surface area contributed by atoms with E-state index in [-0.39, 0.29) is 11.8 Å². The molecular weight excluding hydrogens is 418 g/mol. The van der Waals surface area contributed by atoms with Crippen molar-refractivity contribution in [1.82, 2.24) is 9.97 Å². The smallest absolute Gasteiger partial charge is 0.227 e. The lowest BCUT2D eigenvalue weighted by atomic mass is 9.79. The molecule has 0 radical (unpaired) electrons. The second-order valence-electron chi connectivity index (χ2n) is 8.80. The zero-order valence-electron chi connectivity index (χ0n) is 18.9. The second kappa shape index (κ2) is 9.65. The molecular formula is C26H29N3O4. The van der Waals surface area contributed by atoms with Crippen molar-refractivity contribution in [3.05, 3.63) is 48.2 Å². The number of anilines is 1. The van der Waals surface area contributed by atoms with Crippen LogP contribution in [-0.2, 0) is 11.2 Å². The molecule has 7 nitrogen and oxygen atoms in total. The Morgan fingerprint density at radius 2 is 1.88 bits per heavy atom. The van der Waals surface area contributed by atoms with Crippen molar-refractivity contribution in [3.8, 4) is 17.4 Å². The minimum atomic E-state index is 0.0575. The number of amides is 1. The average Bonchev–Trinajstić information content (AvgIpc) is 2.87. The van der Waals surface area contributed by atoms with Crippen LogP contribution in [0.2, 0.25) is 0 Å². The lowest BCUT2D eigenvalue weighted by Crippen LogP contribution is -2.27. The number of nitrogens with zero attached hydrogens (tertiary/aromatic N) is 2. The highest BCUT2D eigenvalue weighted by atomic mass is 16.6. The lowest BCUT2D eigenvalue weighted by Gasteiger charge is -2.28. The number of pyridine rings is 2. The number of methoxy groups -OCH3 is 1. The minimum Gasteiger partial charge on any atom is -0.486 e. The number of nitrogens with one attached hydrogen (secondary N) is 1. The van der Waals surface area contributed by atoms with E-state index < -0.39 is 0 Å². The highest BCUT2D eigenvalue weighted by molar-refractivity contribution is 5.93. The van der Waals surface area contributed by atoms with Crippen LogP contribution in [0, 0.1) is 11.8 Å². The summed E-state index contributed by atoms with van der Waals surface area (Å²) in [6.45, 7) is 1.09. The minimum absolute atomic E-state index is 0.0575. The Morgan fingerprint density at radius 3 is 2.70 bits per heavy atom. The van der Waals surface area contributed by atoms with Crippen molar-refractivity contribution in [3.63, 3.8) is 0 Å². The van der Waals surface area contributed by atoms with Crippen LogP contribution in [0.15, 0.2) is 42.6 Å². The topological polar surface area (TPSA) is 82.6 Å². The van der Waals surface area contributed by atoms with Crippen molar-refractivity contribution >= 4 is 22.6 Å². The number of aryl methyl sites for hydroxylation is 1. The van der Waals surface area contributed by atoms with Gasteiger partial charge >= 0.3 is 0 Å². The third kappa shape index (κ3) is 4.87. The largest absolute Gasteiger partial charge is 0.486 e. The Labute approximate surface area is 193 Å². The normalized spacial score (nSPS) is 19.8. The molecule has 0 bridgehead atoms. The molecule has 3 heterocycles. The van der Waals surface area contributed by atoms with Crippen LogP contribution >= 0.6 is 0 Å². The summed E-state index contributed by atoms with van der Waals surface area (Å²) in [5, 5.41) is 3.06. The maximum Gasteiger partial charge on any atom is 0.227 e. The van der Waals surface area contributed by atoms with E-state index in [1.807, 2.05) is 36.5 Å². The molecule has 1 aromatic carbocycles. The fourth-order valence-electron chi connectivity index (χ4n) is 4.81. The molecule has 2 aromatic heterocycles. The molecule has 3 aromatic rings. The van der Waals surface area contributed by atoms with Crippen LogP contribution in [-0.4, -0.2) is 36.2 Å². The Kier molecular flexibility index (Phi) is 6.28. The van der Waals surface area contributed by atoms with Gasteiger partial charge in [-0.1, -0.05) is 0 Å². The first kappa shape index (κ1) is 21.5. The SMILES string of the molecule is COc1ccc2nccc(CC[C@H]3CC[C@H](C(=O)Nc4ccc5c(c4)OCCO5)CC3)c2n1. The first-order chi connectivity index (χ1) is 16.2. The van der Waals surface area contributed by atoms with E-state index in [4.69, 9.17) is 14.2 Å². The van der Waals surface area contributed by atoms with Gasteiger partial charge < -0.3 is 19.5 Å². The van der Waals surface area contributed by atoms with E-state index in [2.05, 4.69) is 21.4 Å². The predicted octanol–water partition coefficient (Wildman–Crippen LogP) is 4.79. The molecule has 0 saturated heterocycles. The number of fused-ring (bicyclic) bond motifs is 2. The number of hydrogen-bond donors (Lipinski definition) is 1. The van der Waals surface area contributed by atoms with E-state index in [9.17, 15) is 4.79 Å². The van der Waals surface area contributed by atoms with Crippen molar-refractivity contribution in [2.45, 2.75) is 38.5 Å². The van der Waals surface area contributed by atoms with E-state index >= 15 is 0 Å². The van der Waals surface area contributed by atoms with Crippen LogP contribution in [0.5, 0.6) is 17.4 Å². The summed E-state index contributed by atoms with van der Waals surface area (Å²) in [4.78, 5) is 21.8. The quantitative estimate of drug-likeness (QED) is 0.585. The van der Waals surface area contributed by atoms with E-state index in [1.165, 1.54) is 5.56 Å². The zero-order chi connectivity index (χ0) is 22.6. The molecule has 172 valence electrons. The number of ether oxygens (including phenoxy) is 3. The van der Waals surface area contributed by atoms with Gasteiger partial charge in [0.1, 0.15) is 13.2 Å². The van der Waals surface area contributed by atoms with Gasteiger partial charge in [-0.3, -0.25) is 9.78 Å². The molecule has 0 unspecified atom stereocenters. The van der Waals surface area contributed by atoms with Gasteiger partial charge in [0.15, 0.2) is 11.5 Å². The van der Waals surface area contributed by atoms with Gasteiger partial charge in [0, 0.05) is 29.9 Å². The van der Waals surface area contributed by atoms with E-state index in [0.717, 1.165) is 61.0 Å². The molecule has 1 fully saturated rings. The standard InChI is InChI=1S/C26H29N3O4/c1-31-24-11-9-21-25(29-24)18(12-13-27-21)5-2-17-3-6-19(7-4-17)26(30)28-20-8-10-22-23(16-20)33-15-14-32-22/h8-13,16-17,19H,2-7,14-15H2,1H3,(H,28,30)/t17-,19-. The van der Waals surface area contributed by atoms with Gasteiger partial charge in [-0.05, 0) is 74.3 Å². The Hall–Kier alpha value is -3.35. The molecule has 1 amide bonds. The van der Waals surface area contributed by atoms with E-state index in [0.29, 0.717) is 30.8 Å². The Morgan fingerprint density at radius 1 is 1.06 bits per heavy atom. The van der Waals surface area contributed by atoms with Gasteiger partial charge in [-0.2, -0.15) is 0 Å².